The summed E-state index contributed by atoms with van der Waals surface area (Å²) < 4.78 is 10.9. The van der Waals surface area contributed by atoms with E-state index in [4.69, 9.17) is 9.47 Å². The molecule has 0 atom stereocenters. The van der Waals surface area contributed by atoms with Gasteiger partial charge in [0.15, 0.2) is 11.5 Å². The predicted molar refractivity (Wildman–Crippen MR) is 54.4 cm³/mol. The Kier molecular flexibility index (Phi) is 1.91. The quantitative estimate of drug-likeness (QED) is 0.701. The molecule has 78 valence electrons. The number of ether oxygens (including phenoxy) is 2. The highest BCUT2D eigenvalue weighted by Crippen LogP contribution is 2.38. The molecule has 0 saturated heterocycles. The molecule has 0 aromatic heterocycles. The van der Waals surface area contributed by atoms with Gasteiger partial charge in [0.2, 0.25) is 0 Å². The van der Waals surface area contributed by atoms with Gasteiger partial charge < -0.3 is 9.47 Å². The number of hydrogen-bond donors (Lipinski definition) is 0. The van der Waals surface area contributed by atoms with Crippen molar-refractivity contribution in [1.29, 1.82) is 0 Å². The summed E-state index contributed by atoms with van der Waals surface area (Å²) in [6, 6.07) is 5.98. The Balaban J connectivity index is 1.87. The topological polar surface area (TPSA) is 35.5 Å². The third-order valence-corrected chi connectivity index (χ3v) is 2.99. The predicted octanol–water partition coefficient (Wildman–Crippen LogP) is 1.90. The molecule has 0 N–H and O–H groups in total. The van der Waals surface area contributed by atoms with Gasteiger partial charge in [0.25, 0.3) is 0 Å². The van der Waals surface area contributed by atoms with Crippen molar-refractivity contribution in [2.75, 3.05) is 13.2 Å². The molecule has 1 heterocycles. The van der Waals surface area contributed by atoms with Crippen LogP contribution in [0.25, 0.3) is 0 Å². The van der Waals surface area contributed by atoms with Crippen molar-refractivity contribution in [2.45, 2.75) is 18.8 Å². The summed E-state index contributed by atoms with van der Waals surface area (Å²) in [5.74, 6) is 2.39. The normalized spacial score (nSPS) is 19.9. The lowest BCUT2D eigenvalue weighted by molar-refractivity contribution is -0.124. The molecule has 1 saturated carbocycles. The maximum absolute atomic E-state index is 10.9. The van der Waals surface area contributed by atoms with Crippen molar-refractivity contribution >= 4 is 5.78 Å². The maximum atomic E-state index is 10.9. The Labute approximate surface area is 88.0 Å². The minimum atomic E-state index is 0.356. The van der Waals surface area contributed by atoms with Crippen LogP contribution in [-0.2, 0) is 4.79 Å². The first kappa shape index (κ1) is 8.77. The first-order valence-electron chi connectivity index (χ1n) is 5.24. The lowest BCUT2D eigenvalue weighted by atomic mass is 9.79. The van der Waals surface area contributed by atoms with Crippen LogP contribution in [0.1, 0.15) is 24.3 Å². The van der Waals surface area contributed by atoms with E-state index >= 15 is 0 Å². The summed E-state index contributed by atoms with van der Waals surface area (Å²) in [5.41, 5.74) is 1.19. The number of carbonyl (C=O) groups excluding carboxylic acids is 1. The van der Waals surface area contributed by atoms with Gasteiger partial charge in [-0.2, -0.15) is 0 Å². The number of carbonyl (C=O) groups is 1. The number of fused-ring (bicyclic) bond motifs is 1. The molecule has 3 heteroatoms. The van der Waals surface area contributed by atoms with Gasteiger partial charge in [-0.25, -0.2) is 0 Å². The zero-order chi connectivity index (χ0) is 10.3. The molecule has 2 aliphatic rings. The summed E-state index contributed by atoms with van der Waals surface area (Å²) in [6.45, 7) is 1.23. The second-order valence-corrected chi connectivity index (χ2v) is 4.05. The van der Waals surface area contributed by atoms with Crippen molar-refractivity contribution < 1.29 is 14.3 Å². The smallest absolute Gasteiger partial charge is 0.161 e. The monoisotopic (exact) mass is 204 g/mol. The molecule has 15 heavy (non-hydrogen) atoms. The summed E-state index contributed by atoms with van der Waals surface area (Å²) in [4.78, 5) is 10.9. The van der Waals surface area contributed by atoms with E-state index in [0.29, 0.717) is 37.8 Å². The Morgan fingerprint density at radius 2 is 1.80 bits per heavy atom. The van der Waals surface area contributed by atoms with Crippen molar-refractivity contribution in [2.24, 2.45) is 0 Å². The van der Waals surface area contributed by atoms with E-state index in [-0.39, 0.29) is 0 Å². The SMILES string of the molecule is O=C1CC(c2ccc3c(c2)OCCO3)C1. The van der Waals surface area contributed by atoms with Gasteiger partial charge in [-0.1, -0.05) is 6.07 Å². The van der Waals surface area contributed by atoms with Gasteiger partial charge in [0.05, 0.1) is 0 Å². The van der Waals surface area contributed by atoms with Gasteiger partial charge in [0.1, 0.15) is 19.0 Å². The molecule has 1 aliphatic carbocycles. The number of hydrogen-bond acceptors (Lipinski definition) is 3. The highest BCUT2D eigenvalue weighted by Gasteiger charge is 2.28. The van der Waals surface area contributed by atoms with E-state index in [1.54, 1.807) is 0 Å². The standard InChI is InChI=1S/C12H12O3/c13-10-5-9(6-10)8-1-2-11-12(7-8)15-4-3-14-11/h1-2,7,9H,3-6H2. The van der Waals surface area contributed by atoms with Gasteiger partial charge in [0, 0.05) is 12.8 Å². The Morgan fingerprint density at radius 3 is 2.53 bits per heavy atom. The fourth-order valence-electron chi connectivity index (χ4n) is 2.04. The van der Waals surface area contributed by atoms with E-state index in [9.17, 15) is 4.79 Å². The molecule has 0 bridgehead atoms. The molecule has 3 nitrogen and oxygen atoms in total. The summed E-state index contributed by atoms with van der Waals surface area (Å²) in [5, 5.41) is 0. The Hall–Kier alpha value is -1.51. The van der Waals surface area contributed by atoms with Crippen LogP contribution in [0.15, 0.2) is 18.2 Å². The van der Waals surface area contributed by atoms with Crippen LogP contribution >= 0.6 is 0 Å². The van der Waals surface area contributed by atoms with Crippen LogP contribution in [0.4, 0.5) is 0 Å². The molecule has 0 unspecified atom stereocenters. The summed E-state index contributed by atoms with van der Waals surface area (Å²) in [6.07, 6.45) is 1.36. The molecule has 0 amide bonds. The lowest BCUT2D eigenvalue weighted by Crippen LogP contribution is -2.21. The van der Waals surface area contributed by atoms with E-state index in [1.807, 2.05) is 18.2 Å². The molecule has 1 aromatic rings. The fourth-order valence-corrected chi connectivity index (χ4v) is 2.04. The average molecular weight is 204 g/mol. The van der Waals surface area contributed by atoms with E-state index in [2.05, 4.69) is 0 Å². The zero-order valence-electron chi connectivity index (χ0n) is 8.36. The largest absolute Gasteiger partial charge is 0.486 e. The molecular formula is C12H12O3. The molecule has 0 radical (unpaired) electrons. The third kappa shape index (κ3) is 1.48. The summed E-state index contributed by atoms with van der Waals surface area (Å²) in [7, 11) is 0. The van der Waals surface area contributed by atoms with Crippen LogP contribution in [0, 0.1) is 0 Å². The Morgan fingerprint density at radius 1 is 1.07 bits per heavy atom. The van der Waals surface area contributed by atoms with E-state index in [0.717, 1.165) is 11.5 Å². The summed E-state index contributed by atoms with van der Waals surface area (Å²) >= 11 is 0. The van der Waals surface area contributed by atoms with Gasteiger partial charge in [-0.3, -0.25) is 4.79 Å². The van der Waals surface area contributed by atoms with Gasteiger partial charge >= 0.3 is 0 Å². The average Bonchev–Trinajstić information content (AvgIpc) is 2.24. The number of Topliss-reactive ketones (excluding diaryl/α,β-unsaturated/α-hetero) is 1. The first-order chi connectivity index (χ1) is 7.33. The van der Waals surface area contributed by atoms with Crippen LogP contribution in [0.5, 0.6) is 11.5 Å². The molecule has 1 aromatic carbocycles. The highest BCUT2D eigenvalue weighted by atomic mass is 16.6. The maximum Gasteiger partial charge on any atom is 0.161 e. The first-order valence-corrected chi connectivity index (χ1v) is 5.24. The number of ketones is 1. The number of rotatable bonds is 1. The molecule has 3 rings (SSSR count). The van der Waals surface area contributed by atoms with Crippen LogP contribution in [0.3, 0.4) is 0 Å². The third-order valence-electron chi connectivity index (χ3n) is 2.99. The van der Waals surface area contributed by atoms with Crippen molar-refractivity contribution in [3.05, 3.63) is 23.8 Å². The second kappa shape index (κ2) is 3.26. The lowest BCUT2D eigenvalue weighted by Gasteiger charge is -2.26. The van der Waals surface area contributed by atoms with Crippen molar-refractivity contribution in [3.63, 3.8) is 0 Å². The minimum Gasteiger partial charge on any atom is -0.486 e. The Bertz CT molecular complexity index is 403. The minimum absolute atomic E-state index is 0.356. The van der Waals surface area contributed by atoms with E-state index in [1.165, 1.54) is 5.56 Å². The highest BCUT2D eigenvalue weighted by molar-refractivity contribution is 5.86. The van der Waals surface area contributed by atoms with Crippen molar-refractivity contribution in [3.8, 4) is 11.5 Å². The van der Waals surface area contributed by atoms with Crippen LogP contribution < -0.4 is 9.47 Å². The molecule has 0 spiro atoms. The van der Waals surface area contributed by atoms with Crippen LogP contribution in [0.2, 0.25) is 0 Å². The number of benzene rings is 1. The fraction of sp³-hybridized carbons (Fsp3) is 0.417. The second-order valence-electron chi connectivity index (χ2n) is 4.05. The molecule has 1 aliphatic heterocycles. The van der Waals surface area contributed by atoms with E-state index < -0.39 is 0 Å². The van der Waals surface area contributed by atoms with Gasteiger partial charge in [-0.05, 0) is 23.6 Å². The van der Waals surface area contributed by atoms with Gasteiger partial charge in [-0.15, -0.1) is 0 Å². The van der Waals surface area contributed by atoms with Crippen molar-refractivity contribution in [1.82, 2.24) is 0 Å². The molecular weight excluding hydrogens is 192 g/mol. The molecule has 1 fully saturated rings. The zero-order valence-corrected chi connectivity index (χ0v) is 8.36. The van der Waals surface area contributed by atoms with Crippen LogP contribution in [-0.4, -0.2) is 19.0 Å².